The first-order chi connectivity index (χ1) is 10.6. The molecule has 0 saturated carbocycles. The first-order valence-corrected chi connectivity index (χ1v) is 8.23. The van der Waals surface area contributed by atoms with Crippen molar-refractivity contribution >= 4 is 22.7 Å². The van der Waals surface area contributed by atoms with Crippen LogP contribution < -0.4 is 5.32 Å². The molecular formula is C17H16N2O2S. The van der Waals surface area contributed by atoms with Crippen molar-refractivity contribution in [3.63, 3.8) is 0 Å². The summed E-state index contributed by atoms with van der Waals surface area (Å²) in [5.41, 5.74) is 1.92. The highest BCUT2D eigenvalue weighted by molar-refractivity contribution is 7.12. The molecule has 5 heteroatoms. The Morgan fingerprint density at radius 3 is 2.91 bits per heavy atom. The minimum absolute atomic E-state index is 0.146. The highest BCUT2D eigenvalue weighted by Gasteiger charge is 2.40. The Morgan fingerprint density at radius 2 is 2.18 bits per heavy atom. The Hall–Kier alpha value is -2.14. The van der Waals surface area contributed by atoms with Gasteiger partial charge in [0, 0.05) is 21.7 Å². The minimum atomic E-state index is -0.290. The van der Waals surface area contributed by atoms with E-state index < -0.39 is 0 Å². The first-order valence-electron chi connectivity index (χ1n) is 7.42. The largest absolute Gasteiger partial charge is 0.371 e. The van der Waals surface area contributed by atoms with E-state index in [1.807, 2.05) is 6.07 Å². The second-order valence-corrected chi connectivity index (χ2v) is 7.24. The maximum atomic E-state index is 11.4. The molecule has 3 atom stereocenters. The summed E-state index contributed by atoms with van der Waals surface area (Å²) in [4.78, 5) is 13.6. The number of hydrogen-bond acceptors (Lipinski definition) is 4. The van der Waals surface area contributed by atoms with Crippen LogP contribution in [0.2, 0.25) is 0 Å². The molecule has 0 spiro atoms. The molecule has 1 N–H and O–H groups in total. The number of nitro benzene ring substituents is 1. The van der Waals surface area contributed by atoms with Crippen molar-refractivity contribution in [1.82, 2.24) is 0 Å². The van der Waals surface area contributed by atoms with Gasteiger partial charge in [-0.15, -0.1) is 11.3 Å². The number of nitrogens with one attached hydrogen (secondary N) is 1. The summed E-state index contributed by atoms with van der Waals surface area (Å²) in [5.74, 6) is 0.705. The lowest BCUT2D eigenvalue weighted by Crippen LogP contribution is -2.28. The number of benzene rings is 1. The zero-order chi connectivity index (χ0) is 15.3. The Kier molecular flexibility index (Phi) is 3.04. The normalized spacial score (nSPS) is 25.4. The van der Waals surface area contributed by atoms with Crippen molar-refractivity contribution in [2.75, 3.05) is 5.32 Å². The predicted octanol–water partition coefficient (Wildman–Crippen LogP) is 4.79. The zero-order valence-corrected chi connectivity index (χ0v) is 13.0. The molecule has 2 heterocycles. The van der Waals surface area contributed by atoms with Gasteiger partial charge in [-0.25, -0.2) is 0 Å². The molecule has 0 saturated heterocycles. The molecule has 2 aliphatic rings. The van der Waals surface area contributed by atoms with Crippen LogP contribution in [0.15, 0.2) is 42.5 Å². The molecule has 4 rings (SSSR count). The topological polar surface area (TPSA) is 55.2 Å². The van der Waals surface area contributed by atoms with E-state index in [9.17, 15) is 10.1 Å². The molecule has 1 aliphatic heterocycles. The van der Waals surface area contributed by atoms with Crippen LogP contribution in [-0.4, -0.2) is 4.92 Å². The molecule has 3 unspecified atom stereocenters. The maximum Gasteiger partial charge on any atom is 0.292 e. The molecule has 0 fully saturated rings. The first kappa shape index (κ1) is 13.5. The third-order valence-corrected chi connectivity index (χ3v) is 5.72. The lowest BCUT2D eigenvalue weighted by molar-refractivity contribution is -0.384. The number of allylic oxidation sites excluding steroid dienone is 2. The second kappa shape index (κ2) is 4.95. The fraction of sp³-hybridized carbons (Fsp3) is 0.294. The summed E-state index contributed by atoms with van der Waals surface area (Å²) in [5, 5.41) is 14.8. The van der Waals surface area contributed by atoms with Gasteiger partial charge in [0.25, 0.3) is 5.69 Å². The lowest BCUT2D eigenvalue weighted by Gasteiger charge is -2.36. The van der Waals surface area contributed by atoms with E-state index >= 15 is 0 Å². The number of nitrogens with zero attached hydrogens (tertiary/aromatic N) is 1. The van der Waals surface area contributed by atoms with E-state index in [0.717, 1.165) is 12.0 Å². The van der Waals surface area contributed by atoms with E-state index in [-0.39, 0.29) is 22.6 Å². The molecule has 22 heavy (non-hydrogen) atoms. The van der Waals surface area contributed by atoms with Crippen molar-refractivity contribution in [2.24, 2.45) is 5.92 Å². The highest BCUT2D eigenvalue weighted by Crippen LogP contribution is 2.52. The molecule has 1 aromatic heterocycles. The number of nitro groups is 1. The van der Waals surface area contributed by atoms with Crippen LogP contribution in [0, 0.1) is 23.0 Å². The monoisotopic (exact) mass is 312 g/mol. The molecule has 1 aromatic carbocycles. The van der Waals surface area contributed by atoms with Crippen molar-refractivity contribution < 1.29 is 4.92 Å². The number of thiophene rings is 1. The van der Waals surface area contributed by atoms with Crippen LogP contribution in [0.3, 0.4) is 0 Å². The molecule has 0 bridgehead atoms. The SMILES string of the molecule is Cc1ccc(C2Nc3c(cccc3[N+](=O)[O-])C3C=CCC32)s1. The van der Waals surface area contributed by atoms with Gasteiger partial charge >= 0.3 is 0 Å². The summed E-state index contributed by atoms with van der Waals surface area (Å²) >= 11 is 1.77. The van der Waals surface area contributed by atoms with Crippen LogP contribution in [0.1, 0.15) is 33.7 Å². The average Bonchev–Trinajstić information content (AvgIpc) is 3.14. The predicted molar refractivity (Wildman–Crippen MR) is 88.5 cm³/mol. The van der Waals surface area contributed by atoms with E-state index in [1.165, 1.54) is 9.75 Å². The van der Waals surface area contributed by atoms with Gasteiger partial charge in [-0.1, -0.05) is 24.3 Å². The van der Waals surface area contributed by atoms with Crippen molar-refractivity contribution in [3.05, 3.63) is 67.9 Å². The van der Waals surface area contributed by atoms with Gasteiger partial charge in [0.2, 0.25) is 0 Å². The molecule has 2 aromatic rings. The number of anilines is 1. The second-order valence-electron chi connectivity index (χ2n) is 5.92. The Labute approximate surface area is 132 Å². The number of fused-ring (bicyclic) bond motifs is 3. The Bertz CT molecular complexity index is 781. The molecule has 0 amide bonds. The van der Waals surface area contributed by atoms with Gasteiger partial charge in [0.15, 0.2) is 0 Å². The van der Waals surface area contributed by atoms with Gasteiger partial charge in [0.05, 0.1) is 11.0 Å². The smallest absolute Gasteiger partial charge is 0.292 e. The number of hydrogen-bond donors (Lipinski definition) is 1. The molecule has 112 valence electrons. The van der Waals surface area contributed by atoms with Crippen molar-refractivity contribution in [1.29, 1.82) is 0 Å². The standard InChI is InChI=1S/C17H16N2O2S/c1-10-8-9-15(22-10)17-13-5-2-4-11(13)12-6-3-7-14(19(20)21)16(12)18-17/h2-4,6-9,11,13,17-18H,5H2,1H3. The molecular weight excluding hydrogens is 296 g/mol. The van der Waals surface area contributed by atoms with Gasteiger partial charge in [-0.3, -0.25) is 10.1 Å². The maximum absolute atomic E-state index is 11.4. The number of rotatable bonds is 2. The quantitative estimate of drug-likeness (QED) is 0.493. The number of para-hydroxylation sites is 1. The Balaban J connectivity index is 1.85. The van der Waals surface area contributed by atoms with Crippen LogP contribution in [0.25, 0.3) is 0 Å². The van der Waals surface area contributed by atoms with Crippen LogP contribution in [0.5, 0.6) is 0 Å². The van der Waals surface area contributed by atoms with Crippen molar-refractivity contribution in [3.8, 4) is 0 Å². The number of aryl methyl sites for hydroxylation is 1. The summed E-state index contributed by atoms with van der Waals surface area (Å²) in [6.45, 7) is 2.10. The molecule has 4 nitrogen and oxygen atoms in total. The lowest BCUT2D eigenvalue weighted by atomic mass is 9.78. The summed E-state index contributed by atoms with van der Waals surface area (Å²) < 4.78 is 0. The summed E-state index contributed by atoms with van der Waals surface area (Å²) in [6.07, 6.45) is 5.43. The third kappa shape index (κ3) is 1.96. The molecule has 1 aliphatic carbocycles. The van der Waals surface area contributed by atoms with Gasteiger partial charge in [-0.05, 0) is 37.0 Å². The zero-order valence-electron chi connectivity index (χ0n) is 12.2. The van der Waals surface area contributed by atoms with Crippen LogP contribution >= 0.6 is 11.3 Å². The Morgan fingerprint density at radius 1 is 1.32 bits per heavy atom. The average molecular weight is 312 g/mol. The highest BCUT2D eigenvalue weighted by atomic mass is 32.1. The van der Waals surface area contributed by atoms with E-state index in [4.69, 9.17) is 0 Å². The third-order valence-electron chi connectivity index (χ3n) is 4.64. The van der Waals surface area contributed by atoms with E-state index in [2.05, 4.69) is 36.5 Å². The van der Waals surface area contributed by atoms with Gasteiger partial charge in [-0.2, -0.15) is 0 Å². The minimum Gasteiger partial charge on any atom is -0.371 e. The summed E-state index contributed by atoms with van der Waals surface area (Å²) in [7, 11) is 0. The summed E-state index contributed by atoms with van der Waals surface area (Å²) in [6, 6.07) is 9.80. The molecule has 0 radical (unpaired) electrons. The van der Waals surface area contributed by atoms with Crippen LogP contribution in [-0.2, 0) is 0 Å². The van der Waals surface area contributed by atoms with Crippen LogP contribution in [0.4, 0.5) is 11.4 Å². The van der Waals surface area contributed by atoms with Gasteiger partial charge < -0.3 is 5.32 Å². The van der Waals surface area contributed by atoms with Gasteiger partial charge in [0.1, 0.15) is 5.69 Å². The van der Waals surface area contributed by atoms with E-state index in [1.54, 1.807) is 23.5 Å². The van der Waals surface area contributed by atoms with E-state index in [0.29, 0.717) is 11.6 Å². The fourth-order valence-corrected chi connectivity index (χ4v) is 4.66. The van der Waals surface area contributed by atoms with Crippen molar-refractivity contribution in [2.45, 2.75) is 25.3 Å². The fourth-order valence-electron chi connectivity index (χ4n) is 3.66.